The highest BCUT2D eigenvalue weighted by atomic mass is 35.5. The fourth-order valence-corrected chi connectivity index (χ4v) is 2.61. The molecule has 0 radical (unpaired) electrons. The Morgan fingerprint density at radius 1 is 1.50 bits per heavy atom. The largest absolute Gasteiger partial charge is 0.378 e. The Kier molecular flexibility index (Phi) is 3.53. The van der Waals surface area contributed by atoms with Crippen LogP contribution in [-0.2, 0) is 11.2 Å². The molecule has 0 saturated carbocycles. The van der Waals surface area contributed by atoms with Crippen molar-refractivity contribution in [1.29, 1.82) is 0 Å². The van der Waals surface area contributed by atoms with Crippen molar-refractivity contribution in [3.63, 3.8) is 0 Å². The van der Waals surface area contributed by atoms with E-state index in [0.717, 1.165) is 24.5 Å². The van der Waals surface area contributed by atoms with E-state index in [1.165, 1.54) is 5.56 Å². The molecule has 1 aromatic carbocycles. The summed E-state index contributed by atoms with van der Waals surface area (Å²) in [6, 6.07) is 7.98. The molecule has 0 aliphatic carbocycles. The van der Waals surface area contributed by atoms with Gasteiger partial charge in [0.25, 0.3) is 0 Å². The first kappa shape index (κ1) is 11.9. The monoisotopic (exact) mass is 239 g/mol. The van der Waals surface area contributed by atoms with Gasteiger partial charge in [0.15, 0.2) is 0 Å². The van der Waals surface area contributed by atoms with Crippen molar-refractivity contribution in [3.8, 4) is 0 Å². The molecule has 1 aliphatic heterocycles. The number of rotatable bonds is 3. The highest BCUT2D eigenvalue weighted by Crippen LogP contribution is 2.38. The molecule has 0 aromatic heterocycles. The zero-order valence-electron chi connectivity index (χ0n) is 9.58. The van der Waals surface area contributed by atoms with E-state index in [9.17, 15) is 0 Å². The molecule has 1 fully saturated rings. The van der Waals surface area contributed by atoms with Crippen LogP contribution in [0.4, 0.5) is 0 Å². The smallest absolute Gasteiger partial charge is 0.0619 e. The van der Waals surface area contributed by atoms with E-state index in [2.05, 4.69) is 13.0 Å². The molecule has 2 rings (SSSR count). The molecule has 0 amide bonds. The summed E-state index contributed by atoms with van der Waals surface area (Å²) >= 11 is 6.19. The minimum Gasteiger partial charge on any atom is -0.378 e. The van der Waals surface area contributed by atoms with Gasteiger partial charge in [0.05, 0.1) is 6.10 Å². The average Bonchev–Trinajstić information content (AvgIpc) is 2.64. The van der Waals surface area contributed by atoms with Crippen LogP contribution in [0.2, 0.25) is 5.02 Å². The number of ether oxygens (including phenoxy) is 1. The number of benzene rings is 1. The second-order valence-corrected chi connectivity index (χ2v) is 5.00. The van der Waals surface area contributed by atoms with Gasteiger partial charge in [0.2, 0.25) is 0 Å². The second kappa shape index (κ2) is 4.74. The molecule has 1 heterocycles. The molecule has 0 spiro atoms. The maximum absolute atomic E-state index is 6.19. The van der Waals surface area contributed by atoms with Gasteiger partial charge in [0, 0.05) is 23.6 Å². The van der Waals surface area contributed by atoms with Crippen molar-refractivity contribution in [1.82, 2.24) is 0 Å². The molecule has 1 aliphatic rings. The number of hydrogen-bond acceptors (Lipinski definition) is 2. The maximum Gasteiger partial charge on any atom is 0.0619 e. The molecule has 88 valence electrons. The Hall–Kier alpha value is -0.570. The Bertz CT molecular complexity index is 369. The molecule has 1 saturated heterocycles. The summed E-state index contributed by atoms with van der Waals surface area (Å²) < 4.78 is 5.65. The summed E-state index contributed by atoms with van der Waals surface area (Å²) in [5.41, 5.74) is 7.17. The van der Waals surface area contributed by atoms with E-state index in [1.807, 2.05) is 18.2 Å². The SMILES string of the molecule is CC1OCCC1(CN)Cc1ccccc1Cl. The molecule has 2 atom stereocenters. The minimum atomic E-state index is 0.0605. The average molecular weight is 240 g/mol. The number of halogens is 1. The van der Waals surface area contributed by atoms with Gasteiger partial charge in [-0.05, 0) is 31.4 Å². The Balaban J connectivity index is 2.22. The van der Waals surface area contributed by atoms with E-state index in [4.69, 9.17) is 22.1 Å². The highest BCUT2D eigenvalue weighted by molar-refractivity contribution is 6.31. The lowest BCUT2D eigenvalue weighted by atomic mass is 9.76. The molecule has 2 unspecified atom stereocenters. The third kappa shape index (κ3) is 2.10. The lowest BCUT2D eigenvalue weighted by molar-refractivity contribution is 0.0674. The molecule has 0 bridgehead atoms. The van der Waals surface area contributed by atoms with Crippen LogP contribution in [0, 0.1) is 5.41 Å². The van der Waals surface area contributed by atoms with Gasteiger partial charge >= 0.3 is 0 Å². The minimum absolute atomic E-state index is 0.0605. The predicted octanol–water partition coefficient (Wildman–Crippen LogP) is 2.64. The van der Waals surface area contributed by atoms with Crippen LogP contribution in [0.25, 0.3) is 0 Å². The van der Waals surface area contributed by atoms with Crippen LogP contribution >= 0.6 is 11.6 Å². The van der Waals surface area contributed by atoms with Gasteiger partial charge in [-0.15, -0.1) is 0 Å². The first-order valence-corrected chi connectivity index (χ1v) is 6.11. The molecule has 1 aromatic rings. The van der Waals surface area contributed by atoms with Crippen LogP contribution in [0.15, 0.2) is 24.3 Å². The molecule has 2 N–H and O–H groups in total. The molecular weight excluding hydrogens is 222 g/mol. The van der Waals surface area contributed by atoms with Crippen LogP contribution < -0.4 is 5.73 Å². The third-order valence-corrected chi connectivity index (χ3v) is 4.11. The van der Waals surface area contributed by atoms with E-state index in [0.29, 0.717) is 6.54 Å². The first-order valence-electron chi connectivity index (χ1n) is 5.73. The van der Waals surface area contributed by atoms with Crippen LogP contribution in [0.5, 0.6) is 0 Å². The zero-order chi connectivity index (χ0) is 11.6. The van der Waals surface area contributed by atoms with Crippen LogP contribution in [0.1, 0.15) is 18.9 Å². The third-order valence-electron chi connectivity index (χ3n) is 3.74. The van der Waals surface area contributed by atoms with Crippen molar-refractivity contribution < 1.29 is 4.74 Å². The Morgan fingerprint density at radius 3 is 2.81 bits per heavy atom. The predicted molar refractivity (Wildman–Crippen MR) is 66.7 cm³/mol. The summed E-state index contributed by atoms with van der Waals surface area (Å²) in [6.07, 6.45) is 2.15. The van der Waals surface area contributed by atoms with Gasteiger partial charge < -0.3 is 10.5 Å². The lowest BCUT2D eigenvalue weighted by Gasteiger charge is -2.31. The fourth-order valence-electron chi connectivity index (χ4n) is 2.41. The van der Waals surface area contributed by atoms with Crippen molar-refractivity contribution in [2.75, 3.05) is 13.2 Å². The molecular formula is C13H18ClNO. The topological polar surface area (TPSA) is 35.2 Å². The summed E-state index contributed by atoms with van der Waals surface area (Å²) in [6.45, 7) is 3.57. The lowest BCUT2D eigenvalue weighted by Crippen LogP contribution is -2.38. The van der Waals surface area contributed by atoms with Gasteiger partial charge in [-0.25, -0.2) is 0 Å². The zero-order valence-corrected chi connectivity index (χ0v) is 10.3. The van der Waals surface area contributed by atoms with Gasteiger partial charge in [-0.1, -0.05) is 29.8 Å². The van der Waals surface area contributed by atoms with Crippen molar-refractivity contribution in [3.05, 3.63) is 34.9 Å². The van der Waals surface area contributed by atoms with E-state index >= 15 is 0 Å². The normalized spacial score (nSPS) is 29.6. The van der Waals surface area contributed by atoms with Crippen molar-refractivity contribution >= 4 is 11.6 Å². The number of hydrogen-bond donors (Lipinski definition) is 1. The van der Waals surface area contributed by atoms with Crippen molar-refractivity contribution in [2.24, 2.45) is 11.1 Å². The molecule has 16 heavy (non-hydrogen) atoms. The highest BCUT2D eigenvalue weighted by Gasteiger charge is 2.40. The molecule has 2 nitrogen and oxygen atoms in total. The maximum atomic E-state index is 6.19. The van der Waals surface area contributed by atoms with Gasteiger partial charge in [-0.3, -0.25) is 0 Å². The van der Waals surface area contributed by atoms with E-state index in [1.54, 1.807) is 0 Å². The van der Waals surface area contributed by atoms with E-state index in [-0.39, 0.29) is 11.5 Å². The quantitative estimate of drug-likeness (QED) is 0.880. The van der Waals surface area contributed by atoms with Crippen molar-refractivity contribution in [2.45, 2.75) is 25.9 Å². The first-order chi connectivity index (χ1) is 7.68. The molecule has 3 heteroatoms. The summed E-state index contributed by atoms with van der Waals surface area (Å²) in [5.74, 6) is 0. The van der Waals surface area contributed by atoms with Gasteiger partial charge in [0.1, 0.15) is 0 Å². The fraction of sp³-hybridized carbons (Fsp3) is 0.538. The van der Waals surface area contributed by atoms with Gasteiger partial charge in [-0.2, -0.15) is 0 Å². The second-order valence-electron chi connectivity index (χ2n) is 4.60. The number of nitrogens with two attached hydrogens (primary N) is 1. The summed E-state index contributed by atoms with van der Waals surface area (Å²) in [4.78, 5) is 0. The van der Waals surface area contributed by atoms with Crippen LogP contribution in [-0.4, -0.2) is 19.3 Å². The Morgan fingerprint density at radius 2 is 2.25 bits per heavy atom. The summed E-state index contributed by atoms with van der Waals surface area (Å²) in [5, 5.41) is 0.828. The van der Waals surface area contributed by atoms with E-state index < -0.39 is 0 Å². The summed E-state index contributed by atoms with van der Waals surface area (Å²) in [7, 11) is 0. The Labute approximate surface area is 102 Å². The van der Waals surface area contributed by atoms with Crippen LogP contribution in [0.3, 0.4) is 0 Å². The standard InChI is InChI=1S/C13H18ClNO/c1-10-13(9-15,6-7-16-10)8-11-4-2-3-5-12(11)14/h2-5,10H,6-9,15H2,1H3.